The summed E-state index contributed by atoms with van der Waals surface area (Å²) in [7, 11) is -1.36. The fraction of sp³-hybridized carbons (Fsp3) is 0.200. The Hall–Kier alpha value is -3.37. The van der Waals surface area contributed by atoms with Crippen molar-refractivity contribution in [1.29, 1.82) is 0 Å². The molecular formula is C35H32IrN2OSi-2. The van der Waals surface area contributed by atoms with Crippen LogP contribution in [0.5, 0.6) is 0 Å². The van der Waals surface area contributed by atoms with Crippen LogP contribution < -0.4 is 5.19 Å². The standard InChI is InChI=1S/C23H22NOSi.C12H10N.Ir/c1-26(2,3)17-10-12-22-20(13-17)18-5-4-6-19(23(18)25-22)21-11-9-16(14-24-21)15-7-8-15;1-10-7-8-12(13-9-10)11-5-3-2-4-6-11;/h4-5,9-15H,7-8H2,1-3H3;2-5,7-9H,1H3;/q2*-1;/i;1D3;. The van der Waals surface area contributed by atoms with Crippen LogP contribution in [-0.2, 0) is 20.1 Å². The van der Waals surface area contributed by atoms with Crippen LogP contribution in [0.15, 0.2) is 95.7 Å². The minimum absolute atomic E-state index is 0. The molecule has 6 aromatic rings. The second-order valence-electron chi connectivity index (χ2n) is 11.1. The molecule has 203 valence electrons. The summed E-state index contributed by atoms with van der Waals surface area (Å²) in [5.74, 6) is 0.725. The third-order valence-electron chi connectivity index (χ3n) is 7.14. The van der Waals surface area contributed by atoms with Crippen LogP contribution >= 0.6 is 0 Å². The molecule has 0 N–H and O–H groups in total. The summed E-state index contributed by atoms with van der Waals surface area (Å²) >= 11 is 0. The number of furan rings is 1. The topological polar surface area (TPSA) is 38.9 Å². The van der Waals surface area contributed by atoms with Gasteiger partial charge in [-0.1, -0.05) is 72.2 Å². The molecule has 1 aliphatic rings. The van der Waals surface area contributed by atoms with Gasteiger partial charge in [0.1, 0.15) is 5.58 Å². The van der Waals surface area contributed by atoms with Crippen molar-refractivity contribution in [3.63, 3.8) is 0 Å². The van der Waals surface area contributed by atoms with Crippen LogP contribution in [0.4, 0.5) is 0 Å². The summed E-state index contributed by atoms with van der Waals surface area (Å²) in [5.41, 5.74) is 6.92. The van der Waals surface area contributed by atoms with Gasteiger partial charge in [-0.15, -0.1) is 54.1 Å². The minimum atomic E-state index is -2.09. The Balaban J connectivity index is 0.000000188. The first-order chi connectivity index (χ1) is 20.1. The Morgan fingerprint density at radius 2 is 1.68 bits per heavy atom. The number of hydrogen-bond donors (Lipinski definition) is 0. The average molecular weight is 720 g/mol. The molecule has 3 heterocycles. The van der Waals surface area contributed by atoms with Crippen molar-refractivity contribution in [2.45, 2.75) is 45.3 Å². The van der Waals surface area contributed by atoms with E-state index >= 15 is 0 Å². The molecule has 0 saturated heterocycles. The van der Waals surface area contributed by atoms with Gasteiger partial charge in [0.05, 0.1) is 13.7 Å². The number of nitrogens with zero attached hydrogens (tertiary/aromatic N) is 2. The second-order valence-corrected chi connectivity index (χ2v) is 16.2. The van der Waals surface area contributed by atoms with Crippen molar-refractivity contribution in [2.75, 3.05) is 0 Å². The van der Waals surface area contributed by atoms with Crippen molar-refractivity contribution in [3.05, 3.63) is 115 Å². The maximum atomic E-state index is 7.23. The quantitative estimate of drug-likeness (QED) is 0.135. The SMILES string of the molecule is C[Si](C)(C)c1ccc2oc3c(-c4ccc(C5CC5)cn4)[c-]ccc3c2c1.[2H]C([2H])([2H])c1ccc(-c2[c-]cccc2)nc1.[Ir]. The van der Waals surface area contributed by atoms with E-state index in [1.807, 2.05) is 30.5 Å². The van der Waals surface area contributed by atoms with Crippen molar-refractivity contribution >= 4 is 35.2 Å². The fourth-order valence-electron chi connectivity index (χ4n) is 4.72. The molecule has 1 fully saturated rings. The molecule has 1 aliphatic carbocycles. The monoisotopic (exact) mass is 720 g/mol. The van der Waals surface area contributed by atoms with Crippen LogP contribution in [0.2, 0.25) is 19.6 Å². The van der Waals surface area contributed by atoms with Gasteiger partial charge >= 0.3 is 0 Å². The maximum Gasteiger partial charge on any atom is 0.120 e. The third-order valence-corrected chi connectivity index (χ3v) is 9.18. The zero-order chi connectivity index (χ0) is 29.5. The molecule has 3 nitrogen and oxygen atoms in total. The largest absolute Gasteiger partial charge is 0.501 e. The summed E-state index contributed by atoms with van der Waals surface area (Å²) in [6.07, 6.45) is 6.01. The normalized spacial score (nSPS) is 14.4. The number of aryl methyl sites for hydroxylation is 1. The average Bonchev–Trinajstić information content (AvgIpc) is 3.77. The molecule has 3 aromatic heterocycles. The van der Waals surface area contributed by atoms with Crippen molar-refractivity contribution < 1.29 is 28.6 Å². The zero-order valence-electron chi connectivity index (χ0n) is 25.8. The van der Waals surface area contributed by atoms with E-state index in [2.05, 4.69) is 73.2 Å². The molecule has 5 heteroatoms. The van der Waals surface area contributed by atoms with E-state index in [0.29, 0.717) is 0 Å². The molecule has 0 amide bonds. The molecule has 0 bridgehead atoms. The van der Waals surface area contributed by atoms with E-state index < -0.39 is 14.9 Å². The van der Waals surface area contributed by atoms with Gasteiger partial charge in [0, 0.05) is 42.0 Å². The van der Waals surface area contributed by atoms with E-state index in [4.69, 9.17) is 13.5 Å². The molecule has 0 aliphatic heterocycles. The molecule has 7 rings (SSSR count). The van der Waals surface area contributed by atoms with Gasteiger partial charge < -0.3 is 14.4 Å². The van der Waals surface area contributed by atoms with E-state index in [1.54, 1.807) is 18.2 Å². The minimum Gasteiger partial charge on any atom is -0.501 e. The van der Waals surface area contributed by atoms with Crippen LogP contribution in [0.25, 0.3) is 44.5 Å². The zero-order valence-corrected chi connectivity index (χ0v) is 26.2. The van der Waals surface area contributed by atoms with Gasteiger partial charge in [0.15, 0.2) is 0 Å². The number of pyridine rings is 2. The molecular weight excluding hydrogens is 685 g/mol. The number of hydrogen-bond acceptors (Lipinski definition) is 3. The summed E-state index contributed by atoms with van der Waals surface area (Å²) in [5, 5.41) is 3.81. The Bertz CT molecular complexity index is 1840. The number of benzene rings is 3. The number of rotatable bonds is 4. The first-order valence-electron chi connectivity index (χ1n) is 14.9. The Kier molecular flexibility index (Phi) is 7.10. The summed E-state index contributed by atoms with van der Waals surface area (Å²) in [6, 6.07) is 32.2. The van der Waals surface area contributed by atoms with Crippen molar-refractivity contribution in [1.82, 2.24) is 9.97 Å². The van der Waals surface area contributed by atoms with Gasteiger partial charge in [-0.3, -0.25) is 0 Å². The predicted octanol–water partition coefficient (Wildman–Crippen LogP) is 8.73. The van der Waals surface area contributed by atoms with Crippen LogP contribution in [0.3, 0.4) is 0 Å². The molecule has 1 saturated carbocycles. The van der Waals surface area contributed by atoms with Crippen molar-refractivity contribution in [3.8, 4) is 22.5 Å². The predicted molar refractivity (Wildman–Crippen MR) is 164 cm³/mol. The Morgan fingerprint density at radius 1 is 0.850 bits per heavy atom. The Labute approximate surface area is 255 Å². The fourth-order valence-corrected chi connectivity index (χ4v) is 5.88. The van der Waals surface area contributed by atoms with Crippen LogP contribution in [0.1, 0.15) is 34.0 Å². The third kappa shape index (κ3) is 6.02. The first kappa shape index (κ1) is 24.4. The van der Waals surface area contributed by atoms with Gasteiger partial charge in [-0.25, -0.2) is 0 Å². The van der Waals surface area contributed by atoms with E-state index in [1.165, 1.54) is 35.2 Å². The number of aromatic nitrogens is 2. The van der Waals surface area contributed by atoms with Crippen LogP contribution in [0, 0.1) is 19.0 Å². The van der Waals surface area contributed by atoms with Crippen molar-refractivity contribution in [2.24, 2.45) is 0 Å². The van der Waals surface area contributed by atoms with Gasteiger partial charge in [0.2, 0.25) is 0 Å². The molecule has 0 atom stereocenters. The second kappa shape index (κ2) is 11.6. The van der Waals surface area contributed by atoms with Gasteiger partial charge in [-0.05, 0) is 54.2 Å². The van der Waals surface area contributed by atoms with E-state index in [-0.39, 0.29) is 25.7 Å². The molecule has 3 aromatic carbocycles. The molecule has 0 spiro atoms. The van der Waals surface area contributed by atoms with Gasteiger partial charge in [-0.2, -0.15) is 0 Å². The summed E-state index contributed by atoms with van der Waals surface area (Å²) in [4.78, 5) is 8.83. The Morgan fingerprint density at radius 3 is 2.33 bits per heavy atom. The van der Waals surface area contributed by atoms with E-state index in [9.17, 15) is 0 Å². The molecule has 1 radical (unpaired) electrons. The summed E-state index contributed by atoms with van der Waals surface area (Å²) < 4.78 is 27.9. The van der Waals surface area contributed by atoms with Gasteiger partial charge in [0.25, 0.3) is 0 Å². The van der Waals surface area contributed by atoms with Crippen LogP contribution in [-0.4, -0.2) is 18.0 Å². The molecule has 40 heavy (non-hydrogen) atoms. The first-order valence-corrected chi connectivity index (χ1v) is 16.9. The molecule has 0 unspecified atom stereocenters. The maximum absolute atomic E-state index is 7.23. The summed E-state index contributed by atoms with van der Waals surface area (Å²) in [6.45, 7) is 5.04. The van der Waals surface area contributed by atoms with E-state index in [0.717, 1.165) is 45.0 Å². The number of fused-ring (bicyclic) bond motifs is 3. The smallest absolute Gasteiger partial charge is 0.120 e.